The number of anilines is 1. The topological polar surface area (TPSA) is 115 Å². The van der Waals surface area contributed by atoms with E-state index in [0.29, 0.717) is 33.0 Å². The summed E-state index contributed by atoms with van der Waals surface area (Å²) in [4.78, 5) is -0.178. The summed E-state index contributed by atoms with van der Waals surface area (Å²) in [6, 6.07) is 5.78. The fourth-order valence-corrected chi connectivity index (χ4v) is 2.94. The van der Waals surface area contributed by atoms with Gasteiger partial charge in [0.25, 0.3) is 0 Å². The first-order valence-electron chi connectivity index (χ1n) is 8.24. The third-order valence-corrected chi connectivity index (χ3v) is 4.89. The van der Waals surface area contributed by atoms with Gasteiger partial charge in [0.1, 0.15) is 22.9 Å². The Balaban J connectivity index is 0.000000289. The van der Waals surface area contributed by atoms with Gasteiger partial charge in [0.05, 0.1) is 37.9 Å². The summed E-state index contributed by atoms with van der Waals surface area (Å²) in [5, 5.41) is 2.77. The predicted octanol–water partition coefficient (Wildman–Crippen LogP) is 1.20. The minimum atomic E-state index is -4.27. The van der Waals surface area contributed by atoms with Gasteiger partial charge in [-0.25, -0.2) is 13.0 Å². The van der Waals surface area contributed by atoms with E-state index < -0.39 is 10.1 Å². The first-order chi connectivity index (χ1) is 12.8. The van der Waals surface area contributed by atoms with Gasteiger partial charge in [0.15, 0.2) is 0 Å². The standard InChI is InChI=1S/C10H18N2O3S.C7H8O3S/c1-13-5-6-15-8-7-14-4-2-12-3-9-16-10(12)11;1-6-2-4-7(5-3-6)11(8,9)10/h3,9,11H,2,4-8H2,1H3;2-5H,1H3,(H,8,9,10). The normalized spacial score (nSPS) is 11.1. The van der Waals surface area contributed by atoms with Crippen LogP contribution in [-0.2, 0) is 30.9 Å². The monoisotopic (exact) mass is 418 g/mol. The summed E-state index contributed by atoms with van der Waals surface area (Å²) < 4.78 is 48.6. The van der Waals surface area contributed by atoms with Gasteiger partial charge in [-0.3, -0.25) is 5.73 Å². The predicted molar refractivity (Wildman–Crippen MR) is 102 cm³/mol. The fraction of sp³-hybridized carbons (Fsp3) is 0.471. The average molecular weight is 419 g/mol. The number of hydrogen-bond acceptors (Lipinski definition) is 8. The fourth-order valence-electron chi connectivity index (χ4n) is 1.83. The minimum absolute atomic E-state index is 0.178. The summed E-state index contributed by atoms with van der Waals surface area (Å²) >= 11 is 1.53. The van der Waals surface area contributed by atoms with Crippen LogP contribution in [0, 0.1) is 6.92 Å². The van der Waals surface area contributed by atoms with Crippen molar-refractivity contribution >= 4 is 26.6 Å². The van der Waals surface area contributed by atoms with Crippen molar-refractivity contribution in [3.8, 4) is 0 Å². The van der Waals surface area contributed by atoms with Crippen molar-refractivity contribution in [2.24, 2.45) is 0 Å². The molecular weight excluding hydrogens is 392 g/mol. The summed E-state index contributed by atoms with van der Waals surface area (Å²) in [6.45, 7) is 5.71. The lowest BCUT2D eigenvalue weighted by Crippen LogP contribution is -2.36. The van der Waals surface area contributed by atoms with E-state index in [4.69, 9.17) is 19.9 Å². The second-order valence-corrected chi connectivity index (χ2v) is 7.73. The number of aromatic nitrogens is 1. The van der Waals surface area contributed by atoms with Crippen LogP contribution in [-0.4, -0.2) is 53.1 Å². The molecule has 152 valence electrons. The Labute approximate surface area is 164 Å². The summed E-state index contributed by atoms with van der Waals surface area (Å²) in [5.41, 5.74) is 6.65. The number of nitrogens with two attached hydrogens (primary N) is 1. The number of nitrogen functional groups attached to an aromatic ring is 1. The first-order valence-corrected chi connectivity index (χ1v) is 10.5. The zero-order valence-corrected chi connectivity index (χ0v) is 17.1. The van der Waals surface area contributed by atoms with Crippen LogP contribution in [0.4, 0.5) is 5.13 Å². The molecule has 1 aromatic carbocycles. The molecule has 0 aliphatic heterocycles. The third-order valence-electron chi connectivity index (χ3n) is 3.30. The van der Waals surface area contributed by atoms with E-state index in [9.17, 15) is 13.0 Å². The quantitative estimate of drug-likeness (QED) is 0.350. The maximum absolute atomic E-state index is 10.4. The van der Waals surface area contributed by atoms with Gasteiger partial charge >= 0.3 is 5.13 Å². The lowest BCUT2D eigenvalue weighted by atomic mass is 10.2. The number of nitrogens with zero attached hydrogens (tertiary/aromatic N) is 1. The molecule has 2 aromatic rings. The van der Waals surface area contributed by atoms with Crippen molar-refractivity contribution in [3.63, 3.8) is 0 Å². The number of aryl methyl sites for hydroxylation is 1. The van der Waals surface area contributed by atoms with Gasteiger partial charge in [-0.05, 0) is 19.1 Å². The number of rotatable bonds is 10. The van der Waals surface area contributed by atoms with Crippen molar-refractivity contribution in [1.29, 1.82) is 0 Å². The molecule has 10 heteroatoms. The summed E-state index contributed by atoms with van der Waals surface area (Å²) in [7, 11) is -2.61. The molecule has 0 amide bonds. The molecule has 0 radical (unpaired) electrons. The highest BCUT2D eigenvalue weighted by Gasteiger charge is 2.04. The number of hydrogen-bond donors (Lipinski definition) is 1. The summed E-state index contributed by atoms with van der Waals surface area (Å²) in [6.07, 6.45) is 1.96. The largest absolute Gasteiger partial charge is 0.744 e. The molecule has 0 bridgehead atoms. The highest BCUT2D eigenvalue weighted by Crippen LogP contribution is 2.08. The van der Waals surface area contributed by atoms with E-state index in [1.807, 2.05) is 23.1 Å². The van der Waals surface area contributed by atoms with Crippen LogP contribution in [0.5, 0.6) is 0 Å². The number of benzene rings is 1. The summed E-state index contributed by atoms with van der Waals surface area (Å²) in [5.74, 6) is 0. The molecule has 0 aliphatic rings. The molecule has 0 atom stereocenters. The lowest BCUT2D eigenvalue weighted by molar-refractivity contribution is -0.680. The van der Waals surface area contributed by atoms with Crippen LogP contribution >= 0.6 is 11.3 Å². The van der Waals surface area contributed by atoms with E-state index in [1.54, 1.807) is 19.2 Å². The molecule has 0 saturated carbocycles. The van der Waals surface area contributed by atoms with E-state index in [-0.39, 0.29) is 4.90 Å². The van der Waals surface area contributed by atoms with Crippen LogP contribution in [0.15, 0.2) is 40.7 Å². The maximum Gasteiger partial charge on any atom is 0.331 e. The zero-order valence-electron chi connectivity index (χ0n) is 15.5. The zero-order chi connectivity index (χ0) is 20.1. The Morgan fingerprint density at radius 1 is 1.07 bits per heavy atom. The molecular formula is C17H26N2O6S2. The van der Waals surface area contributed by atoms with Crippen LogP contribution in [0.2, 0.25) is 0 Å². The molecule has 1 heterocycles. The SMILES string of the molecule is COCCOCCOCC[n+]1ccsc1N.Cc1ccc(S(=O)(=O)[O-])cc1. The highest BCUT2D eigenvalue weighted by atomic mass is 32.2. The molecule has 0 aliphatic carbocycles. The number of thiazole rings is 1. The Bertz CT molecular complexity index is 747. The van der Waals surface area contributed by atoms with Gasteiger partial charge in [-0.1, -0.05) is 29.0 Å². The van der Waals surface area contributed by atoms with Crippen molar-refractivity contribution in [1.82, 2.24) is 0 Å². The van der Waals surface area contributed by atoms with Crippen molar-refractivity contribution < 1.29 is 31.7 Å². The molecule has 2 N–H and O–H groups in total. The molecule has 1 aromatic heterocycles. The molecule has 0 saturated heterocycles. The van der Waals surface area contributed by atoms with Crippen molar-refractivity contribution in [3.05, 3.63) is 41.4 Å². The van der Waals surface area contributed by atoms with Crippen molar-refractivity contribution in [2.75, 3.05) is 45.9 Å². The number of methoxy groups -OCH3 is 1. The van der Waals surface area contributed by atoms with Gasteiger partial charge < -0.3 is 18.8 Å². The first kappa shape index (κ1) is 23.5. The molecule has 0 spiro atoms. The molecule has 27 heavy (non-hydrogen) atoms. The van der Waals surface area contributed by atoms with Crippen LogP contribution in [0.1, 0.15) is 5.56 Å². The average Bonchev–Trinajstić information content (AvgIpc) is 3.02. The maximum atomic E-state index is 10.4. The van der Waals surface area contributed by atoms with Crippen LogP contribution < -0.4 is 10.3 Å². The van der Waals surface area contributed by atoms with E-state index in [0.717, 1.165) is 17.2 Å². The van der Waals surface area contributed by atoms with Gasteiger partial charge in [-0.15, -0.1) is 0 Å². The molecule has 2 rings (SSSR count). The molecule has 8 nitrogen and oxygen atoms in total. The highest BCUT2D eigenvalue weighted by molar-refractivity contribution is 7.85. The van der Waals surface area contributed by atoms with Crippen LogP contribution in [0.25, 0.3) is 0 Å². The Kier molecular flexibility index (Phi) is 11.1. The molecule has 0 unspecified atom stereocenters. The second kappa shape index (κ2) is 12.8. The van der Waals surface area contributed by atoms with E-state index in [1.165, 1.54) is 23.5 Å². The molecule has 0 fully saturated rings. The number of ether oxygens (including phenoxy) is 3. The second-order valence-electron chi connectivity index (χ2n) is 5.42. The van der Waals surface area contributed by atoms with E-state index in [2.05, 4.69) is 0 Å². The smallest absolute Gasteiger partial charge is 0.331 e. The van der Waals surface area contributed by atoms with Crippen LogP contribution in [0.3, 0.4) is 0 Å². The van der Waals surface area contributed by atoms with Crippen molar-refractivity contribution in [2.45, 2.75) is 18.4 Å². The Hall–Kier alpha value is -1.56. The Morgan fingerprint density at radius 3 is 2.19 bits per heavy atom. The van der Waals surface area contributed by atoms with Gasteiger partial charge in [-0.2, -0.15) is 0 Å². The third kappa shape index (κ3) is 10.4. The lowest BCUT2D eigenvalue weighted by Gasteiger charge is -2.05. The Morgan fingerprint density at radius 2 is 1.67 bits per heavy atom. The van der Waals surface area contributed by atoms with E-state index >= 15 is 0 Å². The van der Waals surface area contributed by atoms with Gasteiger partial charge in [0.2, 0.25) is 0 Å². The van der Waals surface area contributed by atoms with Gasteiger partial charge in [0, 0.05) is 12.5 Å². The minimum Gasteiger partial charge on any atom is -0.744 e.